The van der Waals surface area contributed by atoms with E-state index >= 15 is 0 Å². The highest BCUT2D eigenvalue weighted by molar-refractivity contribution is 5.98. The fourth-order valence-corrected chi connectivity index (χ4v) is 4.51. The number of anilines is 1. The third-order valence-corrected chi connectivity index (χ3v) is 6.04. The van der Waals surface area contributed by atoms with Gasteiger partial charge in [0, 0.05) is 17.3 Å². The normalized spacial score (nSPS) is 14.0. The van der Waals surface area contributed by atoms with Gasteiger partial charge in [0.25, 0.3) is 11.5 Å². The van der Waals surface area contributed by atoms with E-state index in [2.05, 4.69) is 15.6 Å². The minimum Gasteiger partial charge on any atom is -0.349 e. The molecule has 1 heterocycles. The standard InChI is InChI=1S/C25H28N4O3/c1-15-10-16(2)24(17(3)11-15)28-22(30)14-29-21-9-8-18(12-20(21)26-13-23(29)31)25(32)27-19-6-4-5-7-19/h8-13,19H,4-7,14H2,1-3H3,(H,27,32)(H,28,30). The Hall–Kier alpha value is -3.48. The van der Waals surface area contributed by atoms with Crippen LogP contribution in [-0.2, 0) is 11.3 Å². The number of carbonyl (C=O) groups excluding carboxylic acids is 2. The molecule has 0 saturated heterocycles. The predicted octanol–water partition coefficient (Wildman–Crippen LogP) is 3.63. The summed E-state index contributed by atoms with van der Waals surface area (Å²) < 4.78 is 1.38. The zero-order valence-corrected chi connectivity index (χ0v) is 18.7. The Morgan fingerprint density at radius 2 is 1.75 bits per heavy atom. The van der Waals surface area contributed by atoms with E-state index < -0.39 is 0 Å². The topological polar surface area (TPSA) is 93.1 Å². The number of amides is 2. The second-order valence-corrected chi connectivity index (χ2v) is 8.66. The Morgan fingerprint density at radius 3 is 2.44 bits per heavy atom. The molecule has 166 valence electrons. The van der Waals surface area contributed by atoms with Gasteiger partial charge >= 0.3 is 0 Å². The Kier molecular flexibility index (Phi) is 6.08. The maximum atomic E-state index is 12.8. The van der Waals surface area contributed by atoms with Gasteiger partial charge in [0.15, 0.2) is 0 Å². The van der Waals surface area contributed by atoms with Crippen molar-refractivity contribution in [3.05, 3.63) is 69.1 Å². The van der Waals surface area contributed by atoms with Gasteiger partial charge < -0.3 is 10.6 Å². The average molecular weight is 433 g/mol. The minimum absolute atomic E-state index is 0.138. The lowest BCUT2D eigenvalue weighted by Gasteiger charge is -2.15. The number of fused-ring (bicyclic) bond motifs is 1. The molecule has 1 saturated carbocycles. The van der Waals surface area contributed by atoms with Crippen LogP contribution in [0.3, 0.4) is 0 Å². The molecule has 32 heavy (non-hydrogen) atoms. The molecule has 4 rings (SSSR count). The third kappa shape index (κ3) is 4.56. The van der Waals surface area contributed by atoms with Crippen LogP contribution in [0.4, 0.5) is 5.69 Å². The number of aromatic nitrogens is 2. The molecule has 0 atom stereocenters. The van der Waals surface area contributed by atoms with E-state index in [1.807, 2.05) is 32.9 Å². The van der Waals surface area contributed by atoms with Crippen molar-refractivity contribution in [2.45, 2.75) is 59.0 Å². The lowest BCUT2D eigenvalue weighted by Crippen LogP contribution is -2.32. The SMILES string of the molecule is Cc1cc(C)c(NC(=O)Cn2c(=O)cnc3cc(C(=O)NC4CCCC4)ccc32)c(C)c1. The number of nitrogens with one attached hydrogen (secondary N) is 2. The molecule has 7 heteroatoms. The Labute approximate surface area is 186 Å². The first-order valence-corrected chi connectivity index (χ1v) is 11.0. The van der Waals surface area contributed by atoms with Gasteiger partial charge in [-0.3, -0.25) is 19.0 Å². The number of carbonyl (C=O) groups is 2. The van der Waals surface area contributed by atoms with E-state index in [1.54, 1.807) is 18.2 Å². The van der Waals surface area contributed by atoms with Gasteiger partial charge in [-0.05, 0) is 62.9 Å². The van der Waals surface area contributed by atoms with E-state index in [0.717, 1.165) is 48.1 Å². The molecule has 0 bridgehead atoms. The van der Waals surface area contributed by atoms with Gasteiger partial charge in [0.2, 0.25) is 5.91 Å². The lowest BCUT2D eigenvalue weighted by atomic mass is 10.1. The number of nitrogens with zero attached hydrogens (tertiary/aromatic N) is 2. The van der Waals surface area contributed by atoms with Gasteiger partial charge in [0.1, 0.15) is 6.54 Å². The molecule has 0 radical (unpaired) electrons. The molecule has 0 aliphatic heterocycles. The smallest absolute Gasteiger partial charge is 0.269 e. The van der Waals surface area contributed by atoms with Crippen molar-refractivity contribution >= 4 is 28.5 Å². The quantitative estimate of drug-likeness (QED) is 0.644. The minimum atomic E-state index is -0.367. The fourth-order valence-electron chi connectivity index (χ4n) is 4.51. The van der Waals surface area contributed by atoms with Gasteiger partial charge in [-0.1, -0.05) is 30.5 Å². The zero-order chi connectivity index (χ0) is 22.8. The summed E-state index contributed by atoms with van der Waals surface area (Å²) >= 11 is 0. The summed E-state index contributed by atoms with van der Waals surface area (Å²) in [5.74, 6) is -0.431. The van der Waals surface area contributed by atoms with Crippen LogP contribution in [0.1, 0.15) is 52.7 Å². The van der Waals surface area contributed by atoms with E-state index in [0.29, 0.717) is 16.6 Å². The summed E-state index contributed by atoms with van der Waals surface area (Å²) in [6.45, 7) is 5.76. The number of hydrogen-bond donors (Lipinski definition) is 2. The molecule has 3 aromatic rings. The summed E-state index contributed by atoms with van der Waals surface area (Å²) in [4.78, 5) is 42.1. The number of rotatable bonds is 5. The second-order valence-electron chi connectivity index (χ2n) is 8.66. The van der Waals surface area contributed by atoms with Crippen LogP contribution in [-0.4, -0.2) is 27.4 Å². The van der Waals surface area contributed by atoms with Crippen molar-refractivity contribution in [2.75, 3.05) is 5.32 Å². The zero-order valence-electron chi connectivity index (χ0n) is 18.7. The molecule has 0 spiro atoms. The first kappa shape index (κ1) is 21.7. The summed E-state index contributed by atoms with van der Waals surface area (Å²) in [6, 6.07) is 9.27. The van der Waals surface area contributed by atoms with Gasteiger partial charge in [-0.15, -0.1) is 0 Å². The molecule has 7 nitrogen and oxygen atoms in total. The van der Waals surface area contributed by atoms with E-state index in [4.69, 9.17) is 0 Å². The monoisotopic (exact) mass is 432 g/mol. The molecule has 2 amide bonds. The molecule has 1 fully saturated rings. The Morgan fingerprint density at radius 1 is 1.06 bits per heavy atom. The first-order valence-electron chi connectivity index (χ1n) is 11.0. The molecule has 2 N–H and O–H groups in total. The van der Waals surface area contributed by atoms with Crippen LogP contribution in [0.25, 0.3) is 11.0 Å². The van der Waals surface area contributed by atoms with Crippen LogP contribution < -0.4 is 16.2 Å². The van der Waals surface area contributed by atoms with Gasteiger partial charge in [0.05, 0.1) is 17.2 Å². The fraction of sp³-hybridized carbons (Fsp3) is 0.360. The van der Waals surface area contributed by atoms with Crippen molar-refractivity contribution < 1.29 is 9.59 Å². The molecule has 1 aromatic heterocycles. The van der Waals surface area contributed by atoms with E-state index in [1.165, 1.54) is 10.8 Å². The molecule has 2 aromatic carbocycles. The summed E-state index contributed by atoms with van der Waals surface area (Å²) in [5, 5.41) is 5.99. The van der Waals surface area contributed by atoms with Crippen LogP contribution in [0.2, 0.25) is 0 Å². The Bertz CT molecular complexity index is 1230. The average Bonchev–Trinajstić information content (AvgIpc) is 3.25. The maximum absolute atomic E-state index is 12.8. The molecule has 1 aliphatic rings. The lowest BCUT2D eigenvalue weighted by molar-refractivity contribution is -0.116. The Balaban J connectivity index is 1.57. The molecular weight excluding hydrogens is 404 g/mol. The van der Waals surface area contributed by atoms with Gasteiger partial charge in [-0.25, -0.2) is 4.98 Å². The maximum Gasteiger partial charge on any atom is 0.269 e. The summed E-state index contributed by atoms with van der Waals surface area (Å²) in [5.41, 5.74) is 4.98. The largest absolute Gasteiger partial charge is 0.349 e. The molecular formula is C25H28N4O3. The predicted molar refractivity (Wildman–Crippen MR) is 125 cm³/mol. The summed E-state index contributed by atoms with van der Waals surface area (Å²) in [7, 11) is 0. The van der Waals surface area contributed by atoms with Crippen molar-refractivity contribution in [1.29, 1.82) is 0 Å². The third-order valence-electron chi connectivity index (χ3n) is 6.04. The van der Waals surface area contributed by atoms with Crippen molar-refractivity contribution in [3.8, 4) is 0 Å². The number of hydrogen-bond acceptors (Lipinski definition) is 4. The van der Waals surface area contributed by atoms with Gasteiger partial charge in [-0.2, -0.15) is 0 Å². The highest BCUT2D eigenvalue weighted by Gasteiger charge is 2.19. The molecule has 0 unspecified atom stereocenters. The molecule has 1 aliphatic carbocycles. The number of benzene rings is 2. The number of aryl methyl sites for hydroxylation is 3. The van der Waals surface area contributed by atoms with E-state index in [-0.39, 0.29) is 30.0 Å². The highest BCUT2D eigenvalue weighted by atomic mass is 16.2. The van der Waals surface area contributed by atoms with Crippen LogP contribution in [0.5, 0.6) is 0 Å². The highest BCUT2D eigenvalue weighted by Crippen LogP contribution is 2.22. The van der Waals surface area contributed by atoms with E-state index in [9.17, 15) is 14.4 Å². The first-order chi connectivity index (χ1) is 15.3. The second kappa shape index (κ2) is 8.94. The van der Waals surface area contributed by atoms with Crippen molar-refractivity contribution in [3.63, 3.8) is 0 Å². The summed E-state index contributed by atoms with van der Waals surface area (Å²) in [6.07, 6.45) is 5.48. The van der Waals surface area contributed by atoms with Crippen molar-refractivity contribution in [2.24, 2.45) is 0 Å². The van der Waals surface area contributed by atoms with Crippen LogP contribution in [0, 0.1) is 20.8 Å². The van der Waals surface area contributed by atoms with Crippen LogP contribution in [0.15, 0.2) is 41.3 Å². The van der Waals surface area contributed by atoms with Crippen molar-refractivity contribution in [1.82, 2.24) is 14.9 Å². The van der Waals surface area contributed by atoms with Crippen LogP contribution >= 0.6 is 0 Å².